The minimum absolute atomic E-state index is 0.229. The Bertz CT molecular complexity index is 2360. The molecule has 0 N–H and O–H groups in total. The maximum Gasteiger partial charge on any atom is 0.0545 e. The third-order valence-electron chi connectivity index (χ3n) is 9.91. The summed E-state index contributed by atoms with van der Waals surface area (Å²) in [6, 6.07) is 61.8. The average molecular weight is 603 g/mol. The first-order valence-electron chi connectivity index (χ1n) is 16.4. The summed E-state index contributed by atoms with van der Waals surface area (Å²) in [6.07, 6.45) is 0. The predicted molar refractivity (Wildman–Crippen MR) is 198 cm³/mol. The number of benzene rings is 7. The lowest BCUT2D eigenvalue weighted by molar-refractivity contribution is 0.638. The van der Waals surface area contributed by atoms with Crippen molar-refractivity contribution in [2.24, 2.45) is 0 Å². The lowest BCUT2D eigenvalue weighted by Gasteiger charge is -2.42. The maximum atomic E-state index is 2.48. The highest BCUT2D eigenvalue weighted by Gasteiger charge is 2.39. The van der Waals surface area contributed by atoms with E-state index in [1.165, 1.54) is 72.2 Å². The SMILES string of the molecule is CC1(C)c2ccccc2N(c2ccccc2)c2ccc3c(c21)c1ccccc1n3-c1cc(-c2ccccc2)cc(-c2ccccc2)c1. The first-order valence-corrected chi connectivity index (χ1v) is 16.4. The number of rotatable bonds is 4. The van der Waals surface area contributed by atoms with E-state index in [0.717, 1.165) is 5.69 Å². The Morgan fingerprint density at radius 3 is 1.68 bits per heavy atom. The molecule has 7 aromatic carbocycles. The molecule has 0 saturated heterocycles. The van der Waals surface area contributed by atoms with E-state index < -0.39 is 0 Å². The Morgan fingerprint density at radius 2 is 1.00 bits per heavy atom. The molecule has 0 saturated carbocycles. The van der Waals surface area contributed by atoms with Gasteiger partial charge in [-0.15, -0.1) is 0 Å². The van der Waals surface area contributed by atoms with Crippen LogP contribution < -0.4 is 4.90 Å². The molecule has 2 nitrogen and oxygen atoms in total. The Balaban J connectivity index is 1.38. The first-order chi connectivity index (χ1) is 23.1. The van der Waals surface area contributed by atoms with Crippen LogP contribution in [0.15, 0.2) is 170 Å². The van der Waals surface area contributed by atoms with Gasteiger partial charge in [0.1, 0.15) is 0 Å². The van der Waals surface area contributed by atoms with Gasteiger partial charge < -0.3 is 9.47 Å². The summed E-state index contributed by atoms with van der Waals surface area (Å²) in [7, 11) is 0. The summed E-state index contributed by atoms with van der Waals surface area (Å²) in [5.41, 5.74) is 14.5. The van der Waals surface area contributed by atoms with Crippen molar-refractivity contribution in [1.29, 1.82) is 0 Å². The number of para-hydroxylation sites is 3. The van der Waals surface area contributed by atoms with Gasteiger partial charge in [0.15, 0.2) is 0 Å². The zero-order valence-electron chi connectivity index (χ0n) is 26.6. The summed E-state index contributed by atoms with van der Waals surface area (Å²) in [5.74, 6) is 0. The van der Waals surface area contributed by atoms with Gasteiger partial charge in [-0.05, 0) is 88.0 Å². The van der Waals surface area contributed by atoms with Crippen molar-refractivity contribution in [2.45, 2.75) is 19.3 Å². The number of nitrogens with zero attached hydrogens (tertiary/aromatic N) is 2. The minimum Gasteiger partial charge on any atom is -0.310 e. The van der Waals surface area contributed by atoms with Gasteiger partial charge in [0.2, 0.25) is 0 Å². The van der Waals surface area contributed by atoms with Crippen LogP contribution in [0.1, 0.15) is 25.0 Å². The molecule has 0 fully saturated rings. The number of anilines is 3. The quantitative estimate of drug-likeness (QED) is 0.195. The molecule has 0 amide bonds. The molecule has 0 atom stereocenters. The van der Waals surface area contributed by atoms with Gasteiger partial charge in [-0.25, -0.2) is 0 Å². The Labute approximate surface area is 275 Å². The van der Waals surface area contributed by atoms with Gasteiger partial charge >= 0.3 is 0 Å². The van der Waals surface area contributed by atoms with E-state index in [0.29, 0.717) is 0 Å². The fourth-order valence-electron chi connectivity index (χ4n) is 7.80. The average Bonchev–Trinajstić information content (AvgIpc) is 3.47. The van der Waals surface area contributed by atoms with Crippen molar-refractivity contribution in [2.75, 3.05) is 4.90 Å². The van der Waals surface area contributed by atoms with E-state index in [4.69, 9.17) is 0 Å². The van der Waals surface area contributed by atoms with Crippen LogP contribution in [0.3, 0.4) is 0 Å². The van der Waals surface area contributed by atoms with E-state index in [9.17, 15) is 0 Å². The molecule has 0 unspecified atom stereocenters. The van der Waals surface area contributed by atoms with Gasteiger partial charge in [0.25, 0.3) is 0 Å². The zero-order chi connectivity index (χ0) is 31.5. The fourth-order valence-corrected chi connectivity index (χ4v) is 7.80. The van der Waals surface area contributed by atoms with E-state index in [-0.39, 0.29) is 5.41 Å². The summed E-state index contributed by atoms with van der Waals surface area (Å²) in [4.78, 5) is 2.45. The number of hydrogen-bond acceptors (Lipinski definition) is 1. The molecule has 8 aromatic rings. The molecule has 1 aliphatic heterocycles. The monoisotopic (exact) mass is 602 g/mol. The molecule has 224 valence electrons. The van der Waals surface area contributed by atoms with Gasteiger partial charge in [-0.2, -0.15) is 0 Å². The molecule has 2 heterocycles. The first kappa shape index (κ1) is 27.5. The number of fused-ring (bicyclic) bond motifs is 6. The van der Waals surface area contributed by atoms with Crippen LogP contribution >= 0.6 is 0 Å². The second-order valence-corrected chi connectivity index (χ2v) is 13.0. The topological polar surface area (TPSA) is 8.17 Å². The van der Waals surface area contributed by atoms with Gasteiger partial charge in [-0.3, -0.25) is 0 Å². The Hall–Kier alpha value is -5.86. The standard InChI is InChI=1S/C45H34N2/c1-45(2)38-23-13-15-25-40(38)46(35-20-10-5-11-21-35)42-27-26-41-43(44(42)45)37-22-12-14-24-39(37)47(41)36-29-33(31-16-6-3-7-17-31)28-34(30-36)32-18-8-4-9-19-32/h3-30H,1-2H3. The third kappa shape index (κ3) is 4.26. The van der Waals surface area contributed by atoms with Crippen molar-refractivity contribution in [3.05, 3.63) is 181 Å². The van der Waals surface area contributed by atoms with E-state index in [2.05, 4.69) is 193 Å². The normalized spacial score (nSPS) is 13.4. The molecule has 1 aromatic heterocycles. The van der Waals surface area contributed by atoms with Gasteiger partial charge in [-0.1, -0.05) is 129 Å². The molecule has 47 heavy (non-hydrogen) atoms. The van der Waals surface area contributed by atoms with Crippen molar-refractivity contribution in [3.63, 3.8) is 0 Å². The van der Waals surface area contributed by atoms with Crippen molar-refractivity contribution in [1.82, 2.24) is 4.57 Å². The lowest BCUT2D eigenvalue weighted by Crippen LogP contribution is -2.30. The van der Waals surface area contributed by atoms with Gasteiger partial charge in [0, 0.05) is 27.6 Å². The largest absolute Gasteiger partial charge is 0.310 e. The molecule has 2 heteroatoms. The predicted octanol–water partition coefficient (Wildman–Crippen LogP) is 12.2. The number of hydrogen-bond donors (Lipinski definition) is 0. The Morgan fingerprint density at radius 1 is 0.426 bits per heavy atom. The van der Waals surface area contributed by atoms with Crippen LogP contribution in [0.25, 0.3) is 49.7 Å². The summed E-state index contributed by atoms with van der Waals surface area (Å²) >= 11 is 0. The highest BCUT2D eigenvalue weighted by molar-refractivity contribution is 6.14. The van der Waals surface area contributed by atoms with E-state index in [1.54, 1.807) is 0 Å². The van der Waals surface area contributed by atoms with Crippen LogP contribution in [0.4, 0.5) is 17.1 Å². The van der Waals surface area contributed by atoms with Gasteiger partial charge in [0.05, 0.1) is 22.4 Å². The van der Waals surface area contributed by atoms with Crippen LogP contribution in [-0.2, 0) is 5.41 Å². The maximum absolute atomic E-state index is 2.48. The van der Waals surface area contributed by atoms with Crippen LogP contribution in [0.2, 0.25) is 0 Å². The molecule has 9 rings (SSSR count). The minimum atomic E-state index is -0.229. The molecule has 0 aliphatic carbocycles. The molecule has 0 radical (unpaired) electrons. The molecule has 0 spiro atoms. The molecular formula is C45H34N2. The smallest absolute Gasteiger partial charge is 0.0545 e. The second kappa shape index (κ2) is 10.6. The van der Waals surface area contributed by atoms with Crippen LogP contribution in [0.5, 0.6) is 0 Å². The highest BCUT2D eigenvalue weighted by atomic mass is 15.2. The lowest BCUT2D eigenvalue weighted by atomic mass is 9.72. The van der Waals surface area contributed by atoms with E-state index >= 15 is 0 Å². The van der Waals surface area contributed by atoms with Crippen molar-refractivity contribution >= 4 is 38.9 Å². The van der Waals surface area contributed by atoms with Crippen molar-refractivity contribution in [3.8, 4) is 27.9 Å². The zero-order valence-corrected chi connectivity index (χ0v) is 26.6. The molecule has 0 bridgehead atoms. The van der Waals surface area contributed by atoms with Crippen LogP contribution in [-0.4, -0.2) is 4.57 Å². The molecular weight excluding hydrogens is 569 g/mol. The van der Waals surface area contributed by atoms with Crippen molar-refractivity contribution < 1.29 is 0 Å². The summed E-state index contributed by atoms with van der Waals surface area (Å²) < 4.78 is 2.48. The highest BCUT2D eigenvalue weighted by Crippen LogP contribution is 2.55. The Kier molecular flexibility index (Phi) is 6.20. The third-order valence-corrected chi connectivity index (χ3v) is 9.91. The second-order valence-electron chi connectivity index (χ2n) is 13.0. The van der Waals surface area contributed by atoms with E-state index in [1.807, 2.05) is 0 Å². The van der Waals surface area contributed by atoms with Crippen LogP contribution in [0, 0.1) is 0 Å². The summed E-state index contributed by atoms with van der Waals surface area (Å²) in [5, 5.41) is 2.58. The number of aromatic nitrogens is 1. The molecule has 1 aliphatic rings. The summed E-state index contributed by atoms with van der Waals surface area (Å²) in [6.45, 7) is 4.78. The fraction of sp³-hybridized carbons (Fsp3) is 0.0667.